The van der Waals surface area contributed by atoms with Gasteiger partial charge in [0.25, 0.3) is 5.91 Å². The highest BCUT2D eigenvalue weighted by Gasteiger charge is 2.58. The molecule has 4 N–H and O–H groups in total. The van der Waals surface area contributed by atoms with Gasteiger partial charge in [0.15, 0.2) is 12.7 Å². The lowest BCUT2D eigenvalue weighted by Crippen LogP contribution is -2.51. The first kappa shape index (κ1) is 26.1. The number of aliphatic hydroxyl groups is 2. The Morgan fingerprint density at radius 1 is 1.17 bits per heavy atom. The van der Waals surface area contributed by atoms with Crippen LogP contribution in [0.2, 0.25) is 0 Å². The minimum absolute atomic E-state index is 0.0151. The van der Waals surface area contributed by atoms with Gasteiger partial charge < -0.3 is 25.5 Å². The Balaban J connectivity index is 1.33. The standard InChI is InChI=1S/C27H42N2O6/c1-25(2,23(32)24(33)34)15-28-22(31)14-35-29-17-9-11-26(3)16(13-17)5-6-18-19-7-8-21(30)27(19,4)12-10-20(18)26/h13,18-21,23,30,32H,5-12,14-15H2,1-4H3,(H,28,31)(H,33,34)/b29-17+/t18-,19-,20-,21-,23+,26-,27-/m0/s1. The van der Waals surface area contributed by atoms with Crippen molar-refractivity contribution >= 4 is 17.6 Å². The Kier molecular flexibility index (Phi) is 7.10. The topological polar surface area (TPSA) is 128 Å². The molecule has 8 heteroatoms. The number of carboxylic acid groups (broad SMARTS) is 1. The van der Waals surface area contributed by atoms with Crippen molar-refractivity contribution < 1.29 is 29.7 Å². The zero-order valence-corrected chi connectivity index (χ0v) is 21.5. The lowest BCUT2D eigenvalue weighted by atomic mass is 9.47. The van der Waals surface area contributed by atoms with E-state index in [2.05, 4.69) is 30.4 Å². The Morgan fingerprint density at radius 3 is 2.63 bits per heavy atom. The number of amides is 1. The van der Waals surface area contributed by atoms with Crippen LogP contribution in [0.15, 0.2) is 16.8 Å². The summed E-state index contributed by atoms with van der Waals surface area (Å²) in [7, 11) is 0. The van der Waals surface area contributed by atoms with E-state index >= 15 is 0 Å². The quantitative estimate of drug-likeness (QED) is 0.406. The van der Waals surface area contributed by atoms with Crippen LogP contribution in [0.5, 0.6) is 0 Å². The predicted molar refractivity (Wildman–Crippen MR) is 132 cm³/mol. The maximum Gasteiger partial charge on any atom is 0.333 e. The van der Waals surface area contributed by atoms with Gasteiger partial charge in [-0.05, 0) is 86.0 Å². The van der Waals surface area contributed by atoms with Crippen molar-refractivity contribution in [3.63, 3.8) is 0 Å². The molecule has 1 amide bonds. The second-order valence-electron chi connectivity index (χ2n) is 12.5. The Morgan fingerprint density at radius 2 is 1.91 bits per heavy atom. The third kappa shape index (κ3) is 4.76. The monoisotopic (exact) mass is 490 g/mol. The number of carbonyl (C=O) groups excluding carboxylic acids is 1. The van der Waals surface area contributed by atoms with Gasteiger partial charge in [0, 0.05) is 12.0 Å². The fourth-order valence-corrected chi connectivity index (χ4v) is 7.60. The molecule has 196 valence electrons. The first-order valence-electron chi connectivity index (χ1n) is 13.1. The second-order valence-corrected chi connectivity index (χ2v) is 12.5. The number of nitrogens with one attached hydrogen (secondary N) is 1. The lowest BCUT2D eigenvalue weighted by Gasteiger charge is -2.57. The van der Waals surface area contributed by atoms with Crippen LogP contribution < -0.4 is 5.32 Å². The second kappa shape index (κ2) is 9.51. The van der Waals surface area contributed by atoms with E-state index < -0.39 is 23.4 Å². The molecule has 0 saturated heterocycles. The average molecular weight is 491 g/mol. The molecule has 4 rings (SSSR count). The van der Waals surface area contributed by atoms with Crippen molar-refractivity contribution in [3.8, 4) is 0 Å². The summed E-state index contributed by atoms with van der Waals surface area (Å²) < 4.78 is 0. The zero-order chi connectivity index (χ0) is 25.6. The summed E-state index contributed by atoms with van der Waals surface area (Å²) >= 11 is 0. The van der Waals surface area contributed by atoms with Crippen LogP contribution >= 0.6 is 0 Å². The molecule has 8 nitrogen and oxygen atoms in total. The van der Waals surface area contributed by atoms with Gasteiger partial charge in [0.2, 0.25) is 0 Å². The number of hydrogen-bond acceptors (Lipinski definition) is 6. The van der Waals surface area contributed by atoms with Crippen LogP contribution in [-0.2, 0) is 14.4 Å². The molecule has 0 bridgehead atoms. The molecule has 0 aromatic rings. The number of oxime groups is 1. The first-order chi connectivity index (χ1) is 16.4. The molecule has 0 aliphatic heterocycles. The molecule has 0 radical (unpaired) electrons. The van der Waals surface area contributed by atoms with Crippen LogP contribution in [0.4, 0.5) is 0 Å². The Bertz CT molecular complexity index is 913. The van der Waals surface area contributed by atoms with Gasteiger partial charge in [0.05, 0.1) is 11.8 Å². The smallest absolute Gasteiger partial charge is 0.333 e. The van der Waals surface area contributed by atoms with Gasteiger partial charge in [0.1, 0.15) is 0 Å². The van der Waals surface area contributed by atoms with Crippen LogP contribution in [-0.4, -0.2) is 58.3 Å². The van der Waals surface area contributed by atoms with Crippen LogP contribution in [0.25, 0.3) is 0 Å². The highest BCUT2D eigenvalue weighted by Crippen LogP contribution is 2.65. The summed E-state index contributed by atoms with van der Waals surface area (Å²) in [6.45, 7) is 7.65. The summed E-state index contributed by atoms with van der Waals surface area (Å²) in [6.07, 6.45) is 8.93. The highest BCUT2D eigenvalue weighted by molar-refractivity contribution is 5.96. The van der Waals surface area contributed by atoms with E-state index in [0.717, 1.165) is 44.2 Å². The van der Waals surface area contributed by atoms with Crippen LogP contribution in [0.3, 0.4) is 0 Å². The van der Waals surface area contributed by atoms with E-state index in [4.69, 9.17) is 9.94 Å². The van der Waals surface area contributed by atoms with Gasteiger partial charge in [-0.1, -0.05) is 38.4 Å². The third-order valence-corrected chi connectivity index (χ3v) is 10.0. The number of hydrogen-bond donors (Lipinski definition) is 4. The van der Waals surface area contributed by atoms with Gasteiger partial charge in [-0.15, -0.1) is 0 Å². The van der Waals surface area contributed by atoms with Crippen molar-refractivity contribution in [1.82, 2.24) is 5.32 Å². The van der Waals surface area contributed by atoms with Crippen LogP contribution in [0.1, 0.15) is 79.1 Å². The molecule has 3 fully saturated rings. The van der Waals surface area contributed by atoms with Crippen molar-refractivity contribution in [2.45, 2.75) is 91.3 Å². The SMILES string of the molecule is CC(C)(CNC(=O)CO/N=C1/C=C2CC[C@H]3[C@@H]4CC[C@H](O)[C@@]4(C)CC[C@@H]3[C@@]2(C)CC1)[C@H](O)C(=O)O. The molecule has 0 aromatic heterocycles. The summed E-state index contributed by atoms with van der Waals surface area (Å²) in [4.78, 5) is 28.5. The van der Waals surface area contributed by atoms with E-state index in [9.17, 15) is 19.8 Å². The largest absolute Gasteiger partial charge is 0.479 e. The van der Waals surface area contributed by atoms with Gasteiger partial charge in [-0.2, -0.15) is 0 Å². The van der Waals surface area contributed by atoms with Crippen molar-refractivity contribution in [1.29, 1.82) is 0 Å². The molecule has 0 unspecified atom stereocenters. The van der Waals surface area contributed by atoms with Crippen molar-refractivity contribution in [2.75, 3.05) is 13.2 Å². The number of carboxylic acids is 1. The molecular formula is C27H42N2O6. The molecule has 0 heterocycles. The summed E-state index contributed by atoms with van der Waals surface area (Å²) in [5, 5.41) is 36.2. The maximum absolute atomic E-state index is 12.1. The van der Waals surface area contributed by atoms with E-state index in [-0.39, 0.29) is 30.1 Å². The highest BCUT2D eigenvalue weighted by atomic mass is 16.6. The number of rotatable bonds is 7. The fraction of sp³-hybridized carbons (Fsp3) is 0.815. The maximum atomic E-state index is 12.1. The summed E-state index contributed by atoms with van der Waals surface area (Å²) in [5.74, 6) is 0.256. The number of aliphatic hydroxyl groups excluding tert-OH is 2. The minimum atomic E-state index is -1.57. The number of allylic oxidation sites excluding steroid dienone is 2. The summed E-state index contributed by atoms with van der Waals surface area (Å²) in [5.41, 5.74) is 1.57. The van der Waals surface area contributed by atoms with Crippen molar-refractivity contribution in [3.05, 3.63) is 11.6 Å². The normalized spacial score (nSPS) is 38.6. The van der Waals surface area contributed by atoms with E-state index in [0.29, 0.717) is 17.8 Å². The minimum Gasteiger partial charge on any atom is -0.479 e. The van der Waals surface area contributed by atoms with E-state index in [1.807, 2.05) is 0 Å². The number of carbonyl (C=O) groups is 2. The van der Waals surface area contributed by atoms with Crippen molar-refractivity contribution in [2.24, 2.45) is 39.2 Å². The van der Waals surface area contributed by atoms with Gasteiger partial charge in [-0.25, -0.2) is 4.79 Å². The van der Waals surface area contributed by atoms with Crippen LogP contribution in [0, 0.1) is 34.0 Å². The predicted octanol–water partition coefficient (Wildman–Crippen LogP) is 3.27. The van der Waals surface area contributed by atoms with E-state index in [1.165, 1.54) is 18.4 Å². The molecule has 0 spiro atoms. The number of nitrogens with zero attached hydrogens (tertiary/aromatic N) is 1. The van der Waals surface area contributed by atoms with Gasteiger partial charge in [-0.3, -0.25) is 4.79 Å². The fourth-order valence-electron chi connectivity index (χ4n) is 7.60. The molecule has 4 aliphatic carbocycles. The van der Waals surface area contributed by atoms with Gasteiger partial charge >= 0.3 is 5.97 Å². The zero-order valence-electron chi connectivity index (χ0n) is 21.5. The molecule has 4 aliphatic rings. The molecule has 35 heavy (non-hydrogen) atoms. The number of fused-ring (bicyclic) bond motifs is 5. The molecular weight excluding hydrogens is 448 g/mol. The lowest BCUT2D eigenvalue weighted by molar-refractivity contribution is -0.153. The number of aliphatic carboxylic acids is 1. The first-order valence-corrected chi connectivity index (χ1v) is 13.1. The molecule has 3 saturated carbocycles. The molecule has 0 aromatic carbocycles. The van der Waals surface area contributed by atoms with E-state index in [1.54, 1.807) is 13.8 Å². The molecule has 7 atom stereocenters. The summed E-state index contributed by atoms with van der Waals surface area (Å²) in [6, 6.07) is 0. The average Bonchev–Trinajstić information content (AvgIpc) is 3.11. The Hall–Kier alpha value is -1.93. The third-order valence-electron chi connectivity index (χ3n) is 10.0. The Labute approximate surface area is 208 Å².